The van der Waals surface area contributed by atoms with E-state index in [1.807, 2.05) is 0 Å². The number of pyridine rings is 1. The van der Waals surface area contributed by atoms with Gasteiger partial charge in [0.2, 0.25) is 5.91 Å². The lowest BCUT2D eigenvalue weighted by Crippen LogP contribution is -2.33. The van der Waals surface area contributed by atoms with E-state index in [-0.39, 0.29) is 34.4 Å². The summed E-state index contributed by atoms with van der Waals surface area (Å²) in [4.78, 5) is 38.7. The van der Waals surface area contributed by atoms with Crippen molar-refractivity contribution in [3.8, 4) is 11.5 Å². The predicted molar refractivity (Wildman–Crippen MR) is 127 cm³/mol. The first-order chi connectivity index (χ1) is 16.2. The minimum absolute atomic E-state index is 0.00181. The third kappa shape index (κ3) is 4.29. The SMILES string of the molecule is CC(=O)N1CCCc2cc(Oc3cc(=O)n(C)c(Nc4ccc(N)cc4F)c3C(N)=O)ccc21. The quantitative estimate of drug-likeness (QED) is 0.496. The molecule has 0 unspecified atom stereocenters. The van der Waals surface area contributed by atoms with Gasteiger partial charge in [-0.1, -0.05) is 0 Å². The molecule has 10 heteroatoms. The summed E-state index contributed by atoms with van der Waals surface area (Å²) < 4.78 is 21.5. The van der Waals surface area contributed by atoms with Crippen molar-refractivity contribution in [2.45, 2.75) is 19.8 Å². The number of hydrogen-bond donors (Lipinski definition) is 3. The topological polar surface area (TPSA) is 133 Å². The van der Waals surface area contributed by atoms with E-state index in [0.29, 0.717) is 12.3 Å². The van der Waals surface area contributed by atoms with Crippen LogP contribution in [0.4, 0.5) is 27.3 Å². The van der Waals surface area contributed by atoms with Crippen LogP contribution in [0.15, 0.2) is 47.3 Å². The van der Waals surface area contributed by atoms with Gasteiger partial charge in [0.05, 0.1) is 5.69 Å². The largest absolute Gasteiger partial charge is 0.456 e. The average molecular weight is 465 g/mol. The zero-order valence-electron chi connectivity index (χ0n) is 18.7. The number of carbonyl (C=O) groups excluding carboxylic acids is 2. The van der Waals surface area contributed by atoms with Crippen LogP contribution in [0.1, 0.15) is 29.3 Å². The summed E-state index contributed by atoms with van der Waals surface area (Å²) in [5.41, 5.74) is 12.5. The van der Waals surface area contributed by atoms with Crippen LogP contribution in [0.3, 0.4) is 0 Å². The summed E-state index contributed by atoms with van der Waals surface area (Å²) in [5, 5.41) is 2.76. The number of primary amides is 1. The first-order valence-corrected chi connectivity index (χ1v) is 10.6. The molecule has 5 N–H and O–H groups in total. The first kappa shape index (κ1) is 22.8. The number of nitrogens with zero attached hydrogens (tertiary/aromatic N) is 2. The molecule has 2 aromatic carbocycles. The third-order valence-corrected chi connectivity index (χ3v) is 5.67. The van der Waals surface area contributed by atoms with Crippen molar-refractivity contribution in [2.24, 2.45) is 12.8 Å². The minimum Gasteiger partial charge on any atom is -0.456 e. The van der Waals surface area contributed by atoms with E-state index < -0.39 is 17.3 Å². The number of anilines is 4. The predicted octanol–water partition coefficient (Wildman–Crippen LogP) is 3.04. The molecule has 3 aromatic rings. The van der Waals surface area contributed by atoms with Gasteiger partial charge >= 0.3 is 0 Å². The van der Waals surface area contributed by atoms with Gasteiger partial charge in [0.1, 0.15) is 28.7 Å². The summed E-state index contributed by atoms with van der Waals surface area (Å²) in [5.74, 6) is -1.33. The molecule has 0 radical (unpaired) electrons. The van der Waals surface area contributed by atoms with Crippen molar-refractivity contribution in [2.75, 3.05) is 22.5 Å². The molecular formula is C24H24FN5O4. The number of aromatic nitrogens is 1. The van der Waals surface area contributed by atoms with Crippen LogP contribution in [0.5, 0.6) is 11.5 Å². The van der Waals surface area contributed by atoms with Gasteiger partial charge < -0.3 is 26.4 Å². The van der Waals surface area contributed by atoms with Crippen LogP contribution in [0, 0.1) is 5.82 Å². The van der Waals surface area contributed by atoms with Gasteiger partial charge in [-0.05, 0) is 54.8 Å². The highest BCUT2D eigenvalue weighted by molar-refractivity contribution is 6.01. The monoisotopic (exact) mass is 465 g/mol. The van der Waals surface area contributed by atoms with Gasteiger partial charge in [-0.2, -0.15) is 0 Å². The number of nitrogens with two attached hydrogens (primary N) is 2. The number of nitrogens with one attached hydrogen (secondary N) is 1. The average Bonchev–Trinajstić information content (AvgIpc) is 2.77. The number of amides is 2. The summed E-state index contributed by atoms with van der Waals surface area (Å²) in [6.07, 6.45) is 1.55. The second kappa shape index (κ2) is 8.89. The van der Waals surface area contributed by atoms with Crippen LogP contribution < -0.4 is 32.0 Å². The highest BCUT2D eigenvalue weighted by Crippen LogP contribution is 2.35. The molecule has 0 saturated heterocycles. The number of aryl methyl sites for hydroxylation is 1. The Hall–Kier alpha value is -4.34. The molecule has 1 aliphatic rings. The van der Waals surface area contributed by atoms with E-state index in [1.165, 1.54) is 26.1 Å². The summed E-state index contributed by atoms with van der Waals surface area (Å²) >= 11 is 0. The highest BCUT2D eigenvalue weighted by atomic mass is 19.1. The lowest BCUT2D eigenvalue weighted by atomic mass is 10.0. The fourth-order valence-electron chi connectivity index (χ4n) is 3.99. The normalized spacial score (nSPS) is 12.7. The van der Waals surface area contributed by atoms with Crippen molar-refractivity contribution in [1.29, 1.82) is 0 Å². The summed E-state index contributed by atoms with van der Waals surface area (Å²) in [6, 6.07) is 10.3. The van der Waals surface area contributed by atoms with Crippen molar-refractivity contribution >= 4 is 34.7 Å². The number of fused-ring (bicyclic) bond motifs is 1. The molecule has 1 aromatic heterocycles. The van der Waals surface area contributed by atoms with Gasteiger partial charge in [0.15, 0.2) is 0 Å². The van der Waals surface area contributed by atoms with Crippen LogP contribution in [0.2, 0.25) is 0 Å². The Balaban J connectivity index is 1.76. The number of halogens is 1. The Morgan fingerprint density at radius 2 is 1.91 bits per heavy atom. The lowest BCUT2D eigenvalue weighted by Gasteiger charge is -2.29. The number of ether oxygens (including phenoxy) is 1. The van der Waals surface area contributed by atoms with E-state index >= 15 is 0 Å². The van der Waals surface area contributed by atoms with Crippen molar-refractivity contribution in [1.82, 2.24) is 4.57 Å². The number of hydrogen-bond acceptors (Lipinski definition) is 6. The van der Waals surface area contributed by atoms with Gasteiger partial charge in [0, 0.05) is 38.0 Å². The molecule has 9 nitrogen and oxygen atoms in total. The second-order valence-electron chi connectivity index (χ2n) is 8.02. The fourth-order valence-corrected chi connectivity index (χ4v) is 3.99. The van der Waals surface area contributed by atoms with Gasteiger partial charge in [-0.15, -0.1) is 0 Å². The Labute approximate surface area is 194 Å². The molecule has 0 saturated carbocycles. The molecule has 0 spiro atoms. The van der Waals surface area contributed by atoms with Crippen molar-refractivity contribution in [3.63, 3.8) is 0 Å². The minimum atomic E-state index is -0.871. The molecule has 176 valence electrons. The Bertz CT molecular complexity index is 1370. The third-order valence-electron chi connectivity index (χ3n) is 5.67. The molecule has 0 fully saturated rings. The van der Waals surface area contributed by atoms with Crippen molar-refractivity contribution < 1.29 is 18.7 Å². The fraction of sp³-hybridized carbons (Fsp3) is 0.208. The second-order valence-corrected chi connectivity index (χ2v) is 8.02. The lowest BCUT2D eigenvalue weighted by molar-refractivity contribution is -0.116. The number of benzene rings is 2. The number of nitrogen functional groups attached to an aromatic ring is 1. The first-order valence-electron chi connectivity index (χ1n) is 10.6. The summed E-state index contributed by atoms with van der Waals surface area (Å²) in [7, 11) is 1.42. The maximum Gasteiger partial charge on any atom is 0.256 e. The molecule has 0 bridgehead atoms. The smallest absolute Gasteiger partial charge is 0.256 e. The highest BCUT2D eigenvalue weighted by Gasteiger charge is 2.23. The van der Waals surface area contributed by atoms with Gasteiger partial charge in [0.25, 0.3) is 11.5 Å². The van der Waals surface area contributed by atoms with Crippen LogP contribution in [-0.2, 0) is 18.3 Å². The molecule has 2 heterocycles. The molecule has 1 aliphatic heterocycles. The molecule has 4 rings (SSSR count). The zero-order chi connectivity index (χ0) is 24.6. The Morgan fingerprint density at radius 1 is 1.15 bits per heavy atom. The van der Waals surface area contributed by atoms with Crippen molar-refractivity contribution in [3.05, 3.63) is 69.8 Å². The molecule has 0 atom stereocenters. The number of rotatable bonds is 5. The van der Waals surface area contributed by atoms with E-state index in [9.17, 15) is 18.8 Å². The van der Waals surface area contributed by atoms with Gasteiger partial charge in [-0.3, -0.25) is 19.0 Å². The number of carbonyl (C=O) groups is 2. The van der Waals surface area contributed by atoms with E-state index in [2.05, 4.69) is 5.32 Å². The van der Waals surface area contributed by atoms with Crippen LogP contribution >= 0.6 is 0 Å². The Morgan fingerprint density at radius 3 is 2.59 bits per heavy atom. The maximum absolute atomic E-state index is 14.4. The molecule has 0 aliphatic carbocycles. The Kier molecular flexibility index (Phi) is 5.97. The molecular weight excluding hydrogens is 441 g/mol. The van der Waals surface area contributed by atoms with Gasteiger partial charge in [-0.25, -0.2) is 4.39 Å². The van der Waals surface area contributed by atoms with E-state index in [0.717, 1.165) is 40.8 Å². The zero-order valence-corrected chi connectivity index (χ0v) is 18.7. The van der Waals surface area contributed by atoms with E-state index in [1.54, 1.807) is 23.1 Å². The van der Waals surface area contributed by atoms with Crippen LogP contribution in [0.25, 0.3) is 0 Å². The summed E-state index contributed by atoms with van der Waals surface area (Å²) in [6.45, 7) is 2.15. The van der Waals surface area contributed by atoms with Crippen LogP contribution in [-0.4, -0.2) is 22.9 Å². The van der Waals surface area contributed by atoms with E-state index in [4.69, 9.17) is 16.2 Å². The maximum atomic E-state index is 14.4. The molecule has 2 amide bonds. The molecule has 34 heavy (non-hydrogen) atoms. The standard InChI is InChI=1S/C24H24FN5O4/c1-13(31)30-9-3-4-14-10-16(6-8-19(14)30)34-20-12-21(32)29(2)24(22(20)23(27)33)28-18-7-5-15(26)11-17(18)25/h5-8,10-12,28H,3-4,9,26H2,1-2H3,(H2,27,33).